The summed E-state index contributed by atoms with van der Waals surface area (Å²) in [5.41, 5.74) is 10.8. The average molecular weight is 664 g/mol. The normalized spacial score (nSPS) is 16.8. The van der Waals surface area contributed by atoms with Crippen LogP contribution < -0.4 is 21.1 Å². The fourth-order valence-corrected chi connectivity index (χ4v) is 5.96. The number of nitrogens with one attached hydrogen (secondary N) is 2. The number of fused-ring (bicyclic) bond motifs is 1. The number of amides is 3. The monoisotopic (exact) mass is 663 g/mol. The van der Waals surface area contributed by atoms with Crippen LogP contribution in [0, 0.1) is 5.92 Å². The Morgan fingerprint density at radius 2 is 1.69 bits per heavy atom. The number of hydrogen-bond donors (Lipinski definition) is 4. The number of nitrogen functional groups attached to an aromatic ring is 1. The smallest absolute Gasteiger partial charge is 0.255 e. The van der Waals surface area contributed by atoms with E-state index in [1.807, 2.05) is 74.6 Å². The quantitative estimate of drug-likeness (QED) is 0.166. The molecule has 0 fully saturated rings. The summed E-state index contributed by atoms with van der Waals surface area (Å²) in [5.74, 6) is 0.0267. The van der Waals surface area contributed by atoms with E-state index in [1.165, 1.54) is 0 Å². The Morgan fingerprint density at radius 1 is 0.980 bits per heavy atom. The van der Waals surface area contributed by atoms with Crippen LogP contribution >= 0.6 is 0 Å². The Hall–Kier alpha value is -5.19. The molecule has 4 aromatic rings. The topological polar surface area (TPSA) is 137 Å². The first-order valence-corrected chi connectivity index (χ1v) is 16.6. The maximum atomic E-state index is 13.6. The van der Waals surface area contributed by atoms with Gasteiger partial charge in [0.25, 0.3) is 5.91 Å². The highest BCUT2D eigenvalue weighted by Crippen LogP contribution is 2.29. The number of ether oxygens (including phenoxy) is 1. The lowest BCUT2D eigenvalue weighted by Gasteiger charge is -2.34. The van der Waals surface area contributed by atoms with E-state index in [0.717, 1.165) is 11.1 Å². The number of benzene rings is 4. The van der Waals surface area contributed by atoms with Crippen LogP contribution in [-0.2, 0) is 29.0 Å². The number of rotatable bonds is 11. The predicted octanol–water partition coefficient (Wildman–Crippen LogP) is 4.98. The van der Waals surface area contributed by atoms with Crippen molar-refractivity contribution in [3.8, 4) is 5.75 Å². The molecule has 0 saturated heterocycles. The summed E-state index contributed by atoms with van der Waals surface area (Å²) in [4.78, 5) is 43.1. The second-order valence-electron chi connectivity index (χ2n) is 12.9. The lowest BCUT2D eigenvalue weighted by atomic mass is 10.0. The van der Waals surface area contributed by atoms with Gasteiger partial charge in [0, 0.05) is 42.4 Å². The number of para-hydroxylation sites is 2. The molecule has 5 N–H and O–H groups in total. The van der Waals surface area contributed by atoms with Crippen LogP contribution in [0.15, 0.2) is 97.1 Å². The summed E-state index contributed by atoms with van der Waals surface area (Å²) in [6, 6.07) is 29.2. The maximum Gasteiger partial charge on any atom is 0.255 e. The van der Waals surface area contributed by atoms with Crippen molar-refractivity contribution in [3.05, 3.63) is 119 Å². The molecule has 5 rings (SSSR count). The molecule has 0 aliphatic carbocycles. The van der Waals surface area contributed by atoms with E-state index in [0.29, 0.717) is 53.6 Å². The molecule has 256 valence electrons. The van der Waals surface area contributed by atoms with Gasteiger partial charge in [0.1, 0.15) is 11.9 Å². The van der Waals surface area contributed by atoms with Crippen LogP contribution in [0.25, 0.3) is 0 Å². The van der Waals surface area contributed by atoms with Crippen molar-refractivity contribution in [1.29, 1.82) is 0 Å². The fraction of sp³-hybridized carbons (Fsp3) is 0.308. The van der Waals surface area contributed by atoms with Crippen molar-refractivity contribution in [2.45, 2.75) is 45.4 Å². The summed E-state index contributed by atoms with van der Waals surface area (Å²) in [5, 5.41) is 15.8. The van der Waals surface area contributed by atoms with Crippen LogP contribution in [-0.4, -0.2) is 71.5 Å². The van der Waals surface area contributed by atoms with Gasteiger partial charge in [0.15, 0.2) is 0 Å². The van der Waals surface area contributed by atoms with E-state index in [9.17, 15) is 19.5 Å². The lowest BCUT2D eigenvalue weighted by molar-refractivity contribution is -0.134. The van der Waals surface area contributed by atoms with Gasteiger partial charge in [-0.2, -0.15) is 0 Å². The van der Waals surface area contributed by atoms with Gasteiger partial charge < -0.3 is 31.1 Å². The molecule has 1 aliphatic heterocycles. The molecule has 49 heavy (non-hydrogen) atoms. The van der Waals surface area contributed by atoms with Crippen molar-refractivity contribution in [1.82, 2.24) is 9.80 Å². The van der Waals surface area contributed by atoms with Gasteiger partial charge in [-0.1, -0.05) is 61.5 Å². The van der Waals surface area contributed by atoms with Gasteiger partial charge in [0.05, 0.1) is 36.9 Å². The molecule has 3 atom stereocenters. The van der Waals surface area contributed by atoms with Crippen molar-refractivity contribution < 1.29 is 24.2 Å². The lowest BCUT2D eigenvalue weighted by Crippen LogP contribution is -2.47. The van der Waals surface area contributed by atoms with E-state index in [4.69, 9.17) is 10.5 Å². The number of nitrogens with zero attached hydrogens (tertiary/aromatic N) is 2. The molecular weight excluding hydrogens is 618 g/mol. The number of anilines is 3. The molecule has 0 aromatic heterocycles. The Kier molecular flexibility index (Phi) is 11.7. The molecule has 0 unspecified atom stereocenters. The molecule has 1 heterocycles. The van der Waals surface area contributed by atoms with Crippen LogP contribution in [0.4, 0.5) is 17.1 Å². The third kappa shape index (κ3) is 9.46. The molecule has 10 nitrogen and oxygen atoms in total. The number of hydrogen-bond acceptors (Lipinski definition) is 7. The third-order valence-electron chi connectivity index (χ3n) is 8.78. The van der Waals surface area contributed by atoms with Crippen molar-refractivity contribution in [3.63, 3.8) is 0 Å². The number of aliphatic hydroxyl groups excluding tert-OH is 1. The maximum absolute atomic E-state index is 13.6. The van der Waals surface area contributed by atoms with Gasteiger partial charge >= 0.3 is 0 Å². The van der Waals surface area contributed by atoms with Gasteiger partial charge in [-0.3, -0.25) is 19.3 Å². The van der Waals surface area contributed by atoms with Gasteiger partial charge in [-0.25, -0.2) is 0 Å². The Morgan fingerprint density at radius 3 is 2.41 bits per heavy atom. The first-order chi connectivity index (χ1) is 23.6. The highest BCUT2D eigenvalue weighted by Gasteiger charge is 2.31. The molecule has 3 amide bonds. The average Bonchev–Trinajstić information content (AvgIpc) is 3.13. The highest BCUT2D eigenvalue weighted by atomic mass is 16.5. The SMILES string of the molecule is C[C@@H]1CN([C@H](C)CO)C(=O)Cc2cc(NC(=O)Cc3ccccc3)ccc2O[C@H]1CN(C)Cc1ccc(C(=O)Nc2ccccc2N)cc1. The predicted molar refractivity (Wildman–Crippen MR) is 192 cm³/mol. The second kappa shape index (κ2) is 16.3. The van der Waals surface area contributed by atoms with Gasteiger partial charge in [-0.05, 0) is 67.6 Å². The Balaban J connectivity index is 1.29. The zero-order valence-corrected chi connectivity index (χ0v) is 28.3. The fourth-order valence-electron chi connectivity index (χ4n) is 5.96. The van der Waals surface area contributed by atoms with Gasteiger partial charge in [0.2, 0.25) is 11.8 Å². The van der Waals surface area contributed by atoms with Crippen molar-refractivity contribution in [2.24, 2.45) is 5.92 Å². The van der Waals surface area contributed by atoms with Crippen molar-refractivity contribution in [2.75, 3.05) is 43.1 Å². The molecule has 10 heteroatoms. The third-order valence-corrected chi connectivity index (χ3v) is 8.78. The minimum Gasteiger partial charge on any atom is -0.488 e. The minimum atomic E-state index is -0.363. The zero-order valence-electron chi connectivity index (χ0n) is 28.3. The van der Waals surface area contributed by atoms with Crippen LogP contribution in [0.1, 0.15) is 40.9 Å². The highest BCUT2D eigenvalue weighted by molar-refractivity contribution is 6.05. The standard InChI is InChI=1S/C39H45N5O5/c1-26-22-44(27(2)25-45)38(47)21-31-20-32(41-37(46)19-28-9-5-4-6-10-28)17-18-35(31)49-36(26)24-43(3)23-29-13-15-30(16-14-29)39(48)42-34-12-8-7-11-33(34)40/h4-18,20,26-27,36,45H,19,21-25,40H2,1-3H3,(H,41,46)(H,42,48)/t26-,27-,36+/m1/s1. The Bertz CT molecular complexity index is 1750. The summed E-state index contributed by atoms with van der Waals surface area (Å²) >= 11 is 0. The van der Waals surface area contributed by atoms with Crippen LogP contribution in [0.2, 0.25) is 0 Å². The van der Waals surface area contributed by atoms with Crippen molar-refractivity contribution >= 4 is 34.8 Å². The van der Waals surface area contributed by atoms with E-state index in [-0.39, 0.29) is 55.2 Å². The number of carbonyl (C=O) groups is 3. The van der Waals surface area contributed by atoms with Gasteiger partial charge in [-0.15, -0.1) is 0 Å². The number of nitrogens with two attached hydrogens (primary N) is 1. The van der Waals surface area contributed by atoms with E-state index >= 15 is 0 Å². The van der Waals surface area contributed by atoms with E-state index in [2.05, 4.69) is 22.5 Å². The molecular formula is C39H45N5O5. The first-order valence-electron chi connectivity index (χ1n) is 16.6. The molecule has 1 aliphatic rings. The van der Waals surface area contributed by atoms with E-state index < -0.39 is 0 Å². The molecule has 4 aromatic carbocycles. The molecule has 0 spiro atoms. The summed E-state index contributed by atoms with van der Waals surface area (Å²) in [6.07, 6.45) is 0.0245. The summed E-state index contributed by atoms with van der Waals surface area (Å²) < 4.78 is 6.66. The first kappa shape index (κ1) is 35.1. The largest absolute Gasteiger partial charge is 0.488 e. The number of aliphatic hydroxyl groups is 1. The van der Waals surface area contributed by atoms with Crippen LogP contribution in [0.5, 0.6) is 5.75 Å². The summed E-state index contributed by atoms with van der Waals surface area (Å²) in [7, 11) is 2.01. The van der Waals surface area contributed by atoms with E-state index in [1.54, 1.807) is 41.3 Å². The molecule has 0 saturated carbocycles. The Labute approximate surface area is 287 Å². The minimum absolute atomic E-state index is 0.0619. The zero-order chi connectivity index (χ0) is 34.9. The molecule has 0 radical (unpaired) electrons. The van der Waals surface area contributed by atoms with Crippen LogP contribution in [0.3, 0.4) is 0 Å². The molecule has 0 bridgehead atoms. The second-order valence-corrected chi connectivity index (χ2v) is 12.9. The summed E-state index contributed by atoms with van der Waals surface area (Å²) in [6.45, 7) is 5.32. The number of likely N-dealkylation sites (N-methyl/N-ethyl adjacent to an activating group) is 1. The number of carbonyl (C=O) groups excluding carboxylic acids is 3.